The normalized spacial score (nSPS) is 20.0. The fraction of sp³-hybridized carbons (Fsp3) is 0.571. The van der Waals surface area contributed by atoms with E-state index < -0.39 is 0 Å². The van der Waals surface area contributed by atoms with E-state index in [1.807, 2.05) is 4.90 Å². The first kappa shape index (κ1) is 18.2. The first-order chi connectivity index (χ1) is 13.2. The number of piperidine rings is 1. The van der Waals surface area contributed by atoms with Crippen LogP contribution < -0.4 is 0 Å². The molecule has 2 aromatic rings. The van der Waals surface area contributed by atoms with Gasteiger partial charge in [0, 0.05) is 26.5 Å². The molecular weight excluding hydrogens is 342 g/mol. The number of carbonyl (C=O) groups is 1. The number of rotatable bonds is 6. The zero-order valence-corrected chi connectivity index (χ0v) is 15.9. The molecule has 1 aromatic heterocycles. The van der Waals surface area contributed by atoms with Crippen molar-refractivity contribution in [3.8, 4) is 0 Å². The highest BCUT2D eigenvalue weighted by Gasteiger charge is 2.34. The SMILES string of the molecule is COCCc1noc([C@@H]2CCCCN2C(=O)CC2Cc3ccccc3C2)n1. The molecule has 0 N–H and O–H groups in total. The molecule has 2 aliphatic rings. The van der Waals surface area contributed by atoms with Crippen molar-refractivity contribution in [3.05, 3.63) is 47.1 Å². The molecule has 6 nitrogen and oxygen atoms in total. The van der Waals surface area contributed by atoms with E-state index in [2.05, 4.69) is 34.4 Å². The maximum Gasteiger partial charge on any atom is 0.249 e. The van der Waals surface area contributed by atoms with Crippen molar-refractivity contribution in [2.45, 2.75) is 51.0 Å². The molecule has 2 heterocycles. The second-order valence-corrected chi connectivity index (χ2v) is 7.64. The molecule has 4 rings (SSSR count). The third-order valence-corrected chi connectivity index (χ3v) is 5.72. The minimum atomic E-state index is -0.0844. The van der Waals surface area contributed by atoms with Gasteiger partial charge in [-0.3, -0.25) is 4.79 Å². The zero-order valence-electron chi connectivity index (χ0n) is 15.9. The molecule has 1 fully saturated rings. The fourth-order valence-electron chi connectivity index (χ4n) is 4.34. The smallest absolute Gasteiger partial charge is 0.249 e. The number of fused-ring (bicyclic) bond motifs is 1. The molecule has 1 aromatic carbocycles. The molecule has 27 heavy (non-hydrogen) atoms. The number of nitrogens with zero attached hydrogens (tertiary/aromatic N) is 3. The van der Waals surface area contributed by atoms with E-state index in [1.165, 1.54) is 11.1 Å². The molecule has 1 amide bonds. The van der Waals surface area contributed by atoms with E-state index >= 15 is 0 Å². The lowest BCUT2D eigenvalue weighted by Gasteiger charge is -2.34. The van der Waals surface area contributed by atoms with Crippen molar-refractivity contribution in [2.24, 2.45) is 5.92 Å². The second kappa shape index (κ2) is 8.21. The lowest BCUT2D eigenvalue weighted by molar-refractivity contribution is -0.136. The van der Waals surface area contributed by atoms with E-state index in [4.69, 9.17) is 9.26 Å². The van der Waals surface area contributed by atoms with Crippen molar-refractivity contribution in [1.82, 2.24) is 15.0 Å². The topological polar surface area (TPSA) is 68.5 Å². The minimum Gasteiger partial charge on any atom is -0.384 e. The van der Waals surface area contributed by atoms with Crippen molar-refractivity contribution in [1.29, 1.82) is 0 Å². The minimum absolute atomic E-state index is 0.0844. The lowest BCUT2D eigenvalue weighted by atomic mass is 9.97. The van der Waals surface area contributed by atoms with Crippen molar-refractivity contribution in [2.75, 3.05) is 20.3 Å². The van der Waals surface area contributed by atoms with Gasteiger partial charge in [0.1, 0.15) is 6.04 Å². The van der Waals surface area contributed by atoms with Gasteiger partial charge < -0.3 is 14.2 Å². The Labute approximate surface area is 159 Å². The number of hydrogen-bond acceptors (Lipinski definition) is 5. The molecular formula is C21H27N3O3. The van der Waals surface area contributed by atoms with Gasteiger partial charge in [0.05, 0.1) is 6.61 Å². The van der Waals surface area contributed by atoms with Gasteiger partial charge >= 0.3 is 0 Å². The Morgan fingerprint density at radius 2 is 2.04 bits per heavy atom. The number of hydrogen-bond donors (Lipinski definition) is 0. The van der Waals surface area contributed by atoms with Crippen molar-refractivity contribution >= 4 is 5.91 Å². The van der Waals surface area contributed by atoms with Crippen LogP contribution in [-0.2, 0) is 28.8 Å². The molecule has 0 bridgehead atoms. The third kappa shape index (κ3) is 4.05. The largest absolute Gasteiger partial charge is 0.384 e. The highest BCUT2D eigenvalue weighted by atomic mass is 16.5. The molecule has 6 heteroatoms. The van der Waals surface area contributed by atoms with Crippen LogP contribution in [0.2, 0.25) is 0 Å². The van der Waals surface area contributed by atoms with Gasteiger partial charge in [0.25, 0.3) is 0 Å². The number of carbonyl (C=O) groups excluding carboxylic acids is 1. The van der Waals surface area contributed by atoms with Crippen LogP contribution >= 0.6 is 0 Å². The summed E-state index contributed by atoms with van der Waals surface area (Å²) >= 11 is 0. The lowest BCUT2D eigenvalue weighted by Crippen LogP contribution is -2.39. The average molecular weight is 369 g/mol. The van der Waals surface area contributed by atoms with E-state index in [0.29, 0.717) is 37.1 Å². The molecule has 0 saturated carbocycles. The van der Waals surface area contributed by atoms with Crippen molar-refractivity contribution < 1.29 is 14.1 Å². The summed E-state index contributed by atoms with van der Waals surface area (Å²) in [5.41, 5.74) is 2.79. The van der Waals surface area contributed by atoms with Gasteiger partial charge in [-0.2, -0.15) is 4.98 Å². The van der Waals surface area contributed by atoms with E-state index in [-0.39, 0.29) is 11.9 Å². The van der Waals surface area contributed by atoms with Gasteiger partial charge in [0.2, 0.25) is 11.8 Å². The van der Waals surface area contributed by atoms with Crippen LogP contribution in [0, 0.1) is 5.92 Å². The van der Waals surface area contributed by atoms with Crippen molar-refractivity contribution in [3.63, 3.8) is 0 Å². The third-order valence-electron chi connectivity index (χ3n) is 5.72. The zero-order chi connectivity index (χ0) is 18.6. The summed E-state index contributed by atoms with van der Waals surface area (Å²) in [6.45, 7) is 1.34. The highest BCUT2D eigenvalue weighted by Crippen LogP contribution is 2.33. The number of amides is 1. The van der Waals surface area contributed by atoms with Crippen LogP contribution in [0.15, 0.2) is 28.8 Å². The maximum absolute atomic E-state index is 13.1. The summed E-state index contributed by atoms with van der Waals surface area (Å²) in [5.74, 6) is 1.84. The summed E-state index contributed by atoms with van der Waals surface area (Å²) in [4.78, 5) is 19.6. The Hall–Kier alpha value is -2.21. The Morgan fingerprint density at radius 3 is 2.78 bits per heavy atom. The van der Waals surface area contributed by atoms with Gasteiger partial charge in [-0.05, 0) is 49.1 Å². The molecule has 144 valence electrons. The second-order valence-electron chi connectivity index (χ2n) is 7.64. The quantitative estimate of drug-likeness (QED) is 0.783. The molecule has 1 aliphatic carbocycles. The Kier molecular flexibility index (Phi) is 5.53. The first-order valence-corrected chi connectivity index (χ1v) is 9.92. The van der Waals surface area contributed by atoms with Crippen LogP contribution in [0.5, 0.6) is 0 Å². The predicted molar refractivity (Wildman–Crippen MR) is 100 cm³/mol. The monoisotopic (exact) mass is 369 g/mol. The Bertz CT molecular complexity index is 763. The Morgan fingerprint density at radius 1 is 1.26 bits per heavy atom. The van der Waals surface area contributed by atoms with Crippen LogP contribution in [0.3, 0.4) is 0 Å². The van der Waals surface area contributed by atoms with E-state index in [1.54, 1.807) is 7.11 Å². The summed E-state index contributed by atoms with van der Waals surface area (Å²) in [5, 5.41) is 4.05. The van der Waals surface area contributed by atoms with Gasteiger partial charge in [0.15, 0.2) is 5.82 Å². The van der Waals surface area contributed by atoms with Crippen LogP contribution in [0.1, 0.15) is 54.6 Å². The number of methoxy groups -OCH3 is 1. The molecule has 0 spiro atoms. The molecule has 1 atom stereocenters. The Balaban J connectivity index is 1.41. The molecule has 1 saturated heterocycles. The predicted octanol–water partition coefficient (Wildman–Crippen LogP) is 3.12. The molecule has 0 radical (unpaired) electrons. The fourth-order valence-corrected chi connectivity index (χ4v) is 4.34. The molecule has 1 aliphatic heterocycles. The summed E-state index contributed by atoms with van der Waals surface area (Å²) in [6.07, 6.45) is 6.24. The molecule has 0 unspecified atom stereocenters. The number of aromatic nitrogens is 2. The highest BCUT2D eigenvalue weighted by molar-refractivity contribution is 5.77. The average Bonchev–Trinajstić information content (AvgIpc) is 3.32. The number of likely N-dealkylation sites (tertiary alicyclic amines) is 1. The van der Waals surface area contributed by atoms with Gasteiger partial charge in [-0.25, -0.2) is 0 Å². The summed E-state index contributed by atoms with van der Waals surface area (Å²) in [6, 6.07) is 8.45. The maximum atomic E-state index is 13.1. The summed E-state index contributed by atoms with van der Waals surface area (Å²) in [7, 11) is 1.66. The van der Waals surface area contributed by atoms with E-state index in [9.17, 15) is 4.79 Å². The van der Waals surface area contributed by atoms with Gasteiger partial charge in [-0.15, -0.1) is 0 Å². The van der Waals surface area contributed by atoms with Gasteiger partial charge in [-0.1, -0.05) is 29.4 Å². The summed E-state index contributed by atoms with van der Waals surface area (Å²) < 4.78 is 10.6. The standard InChI is InChI=1S/C21H27N3O3/c1-26-11-9-19-22-21(27-23-19)18-8-4-5-10-24(18)20(25)14-15-12-16-6-2-3-7-17(16)13-15/h2-3,6-7,15,18H,4-5,8-14H2,1H3/t18-/m0/s1. The number of benzene rings is 1. The first-order valence-electron chi connectivity index (χ1n) is 9.92. The number of ether oxygens (including phenoxy) is 1. The van der Waals surface area contributed by atoms with E-state index in [0.717, 1.165) is 38.6 Å². The van der Waals surface area contributed by atoms with Crippen LogP contribution in [0.4, 0.5) is 0 Å². The van der Waals surface area contributed by atoms with Crippen LogP contribution in [0.25, 0.3) is 0 Å². The van der Waals surface area contributed by atoms with Crippen LogP contribution in [-0.4, -0.2) is 41.2 Å².